The van der Waals surface area contributed by atoms with E-state index in [0.29, 0.717) is 6.04 Å². The van der Waals surface area contributed by atoms with Crippen LogP contribution in [-0.2, 0) is 0 Å². The first-order valence-electron chi connectivity index (χ1n) is 4.17. The van der Waals surface area contributed by atoms with E-state index in [-0.39, 0.29) is 0 Å². The van der Waals surface area contributed by atoms with E-state index in [1.54, 1.807) is 0 Å². The largest absolute Gasteiger partial charge is 0.313 e. The van der Waals surface area contributed by atoms with Gasteiger partial charge in [0.2, 0.25) is 0 Å². The van der Waals surface area contributed by atoms with E-state index in [0.717, 1.165) is 5.57 Å². The molecule has 1 atom stereocenters. The van der Waals surface area contributed by atoms with Gasteiger partial charge in [0.25, 0.3) is 0 Å². The van der Waals surface area contributed by atoms with Crippen molar-refractivity contribution in [1.82, 2.24) is 5.32 Å². The zero-order valence-corrected chi connectivity index (χ0v) is 7.67. The van der Waals surface area contributed by atoms with E-state index in [9.17, 15) is 0 Å². The van der Waals surface area contributed by atoms with Crippen molar-refractivity contribution in [3.63, 3.8) is 0 Å². The number of rotatable bonds is 3. The minimum Gasteiger partial charge on any atom is -0.313 e. The van der Waals surface area contributed by atoms with Crippen LogP contribution in [0.2, 0.25) is 0 Å². The van der Waals surface area contributed by atoms with Crippen molar-refractivity contribution < 1.29 is 0 Å². The van der Waals surface area contributed by atoms with Crippen LogP contribution in [-0.4, -0.2) is 13.1 Å². The third-order valence-corrected chi connectivity index (χ3v) is 2.10. The predicted molar refractivity (Wildman–Crippen MR) is 54.0 cm³/mol. The van der Waals surface area contributed by atoms with Crippen LogP contribution < -0.4 is 5.32 Å². The molecule has 0 aliphatic rings. The second kappa shape index (κ2) is 4.07. The molecule has 1 unspecified atom stereocenters. The van der Waals surface area contributed by atoms with Gasteiger partial charge in [0.1, 0.15) is 0 Å². The van der Waals surface area contributed by atoms with Crippen LogP contribution in [0.1, 0.15) is 12.5 Å². The lowest BCUT2D eigenvalue weighted by Gasteiger charge is -2.13. The molecular formula is C11H15N. The minimum absolute atomic E-state index is 0.340. The van der Waals surface area contributed by atoms with E-state index in [2.05, 4.69) is 31.0 Å². The summed E-state index contributed by atoms with van der Waals surface area (Å²) in [6.45, 7) is 6.14. The van der Waals surface area contributed by atoms with Gasteiger partial charge >= 0.3 is 0 Å². The highest BCUT2D eigenvalue weighted by Crippen LogP contribution is 2.14. The Hall–Kier alpha value is -1.08. The third-order valence-electron chi connectivity index (χ3n) is 2.10. The summed E-state index contributed by atoms with van der Waals surface area (Å²) in [5.74, 6) is 0. The van der Waals surface area contributed by atoms with Crippen LogP contribution in [0.5, 0.6) is 0 Å². The Morgan fingerprint density at radius 2 is 1.92 bits per heavy atom. The molecule has 0 radical (unpaired) electrons. The molecule has 0 aliphatic carbocycles. The third kappa shape index (κ3) is 1.95. The number of hydrogen-bond acceptors (Lipinski definition) is 1. The standard InChI is InChI=1S/C11H15N/c1-9(10(2)12-3)11-7-5-4-6-8-11/h4-8,10,12H,1H2,2-3H3. The Kier molecular flexibility index (Phi) is 3.06. The Morgan fingerprint density at radius 1 is 1.33 bits per heavy atom. The molecule has 1 nitrogen and oxygen atoms in total. The Morgan fingerprint density at radius 3 is 2.42 bits per heavy atom. The lowest BCUT2D eigenvalue weighted by Crippen LogP contribution is -2.21. The first kappa shape index (κ1) is 9.01. The summed E-state index contributed by atoms with van der Waals surface area (Å²) < 4.78 is 0. The van der Waals surface area contributed by atoms with Gasteiger partial charge in [-0.3, -0.25) is 0 Å². The van der Waals surface area contributed by atoms with E-state index in [1.165, 1.54) is 5.56 Å². The fourth-order valence-electron chi connectivity index (χ4n) is 1.08. The van der Waals surface area contributed by atoms with Crippen molar-refractivity contribution >= 4 is 5.57 Å². The van der Waals surface area contributed by atoms with Crippen molar-refractivity contribution in [1.29, 1.82) is 0 Å². The van der Waals surface area contributed by atoms with Crippen molar-refractivity contribution in [2.75, 3.05) is 7.05 Å². The minimum atomic E-state index is 0.340. The highest BCUT2D eigenvalue weighted by atomic mass is 14.9. The molecule has 1 N–H and O–H groups in total. The van der Waals surface area contributed by atoms with Crippen molar-refractivity contribution in [3.05, 3.63) is 42.5 Å². The zero-order chi connectivity index (χ0) is 8.97. The second-order valence-electron chi connectivity index (χ2n) is 2.90. The molecule has 1 aromatic rings. The normalized spacial score (nSPS) is 12.5. The number of benzene rings is 1. The van der Waals surface area contributed by atoms with E-state index < -0.39 is 0 Å². The van der Waals surface area contributed by atoms with Crippen LogP contribution in [0, 0.1) is 0 Å². The van der Waals surface area contributed by atoms with E-state index in [4.69, 9.17) is 0 Å². The first-order chi connectivity index (χ1) is 5.75. The lowest BCUT2D eigenvalue weighted by molar-refractivity contribution is 0.746. The van der Waals surface area contributed by atoms with Gasteiger partial charge in [-0.2, -0.15) is 0 Å². The molecule has 0 saturated heterocycles. The summed E-state index contributed by atoms with van der Waals surface area (Å²) in [4.78, 5) is 0. The van der Waals surface area contributed by atoms with Crippen LogP contribution in [0.15, 0.2) is 36.9 Å². The van der Waals surface area contributed by atoms with Crippen molar-refractivity contribution in [2.45, 2.75) is 13.0 Å². The fourth-order valence-corrected chi connectivity index (χ4v) is 1.08. The molecule has 0 spiro atoms. The molecule has 1 heteroatoms. The van der Waals surface area contributed by atoms with Gasteiger partial charge in [-0.05, 0) is 25.1 Å². The Balaban J connectivity index is 2.79. The number of likely N-dealkylation sites (N-methyl/N-ethyl adjacent to an activating group) is 1. The van der Waals surface area contributed by atoms with E-state index in [1.807, 2.05) is 25.2 Å². The summed E-state index contributed by atoms with van der Waals surface area (Å²) in [7, 11) is 1.94. The van der Waals surface area contributed by atoms with Gasteiger partial charge in [-0.25, -0.2) is 0 Å². The van der Waals surface area contributed by atoms with Gasteiger partial charge in [0, 0.05) is 6.04 Å². The highest BCUT2D eigenvalue weighted by Gasteiger charge is 2.04. The smallest absolute Gasteiger partial charge is 0.0289 e. The molecule has 0 fully saturated rings. The molecule has 1 aromatic carbocycles. The van der Waals surface area contributed by atoms with E-state index >= 15 is 0 Å². The molecule has 0 saturated carbocycles. The summed E-state index contributed by atoms with van der Waals surface area (Å²) in [5.41, 5.74) is 2.34. The molecule has 0 aliphatic heterocycles. The Bertz CT molecular complexity index is 251. The summed E-state index contributed by atoms with van der Waals surface area (Å²) in [6.07, 6.45) is 0. The summed E-state index contributed by atoms with van der Waals surface area (Å²) >= 11 is 0. The monoisotopic (exact) mass is 161 g/mol. The van der Waals surface area contributed by atoms with Crippen LogP contribution in [0.4, 0.5) is 0 Å². The SMILES string of the molecule is C=C(c1ccccc1)C(C)NC. The molecular weight excluding hydrogens is 146 g/mol. The van der Waals surface area contributed by atoms with Gasteiger partial charge in [-0.1, -0.05) is 36.9 Å². The van der Waals surface area contributed by atoms with Gasteiger partial charge in [0.15, 0.2) is 0 Å². The lowest BCUT2D eigenvalue weighted by atomic mass is 10.0. The number of nitrogens with one attached hydrogen (secondary N) is 1. The van der Waals surface area contributed by atoms with Crippen LogP contribution in [0.25, 0.3) is 5.57 Å². The average Bonchev–Trinajstić information content (AvgIpc) is 2.17. The molecule has 0 heterocycles. The second-order valence-corrected chi connectivity index (χ2v) is 2.90. The average molecular weight is 161 g/mol. The topological polar surface area (TPSA) is 12.0 Å². The molecule has 0 bridgehead atoms. The Labute approximate surface area is 74.1 Å². The maximum Gasteiger partial charge on any atom is 0.0289 e. The quantitative estimate of drug-likeness (QED) is 0.717. The van der Waals surface area contributed by atoms with Crippen LogP contribution >= 0.6 is 0 Å². The van der Waals surface area contributed by atoms with Gasteiger partial charge in [0.05, 0.1) is 0 Å². The maximum atomic E-state index is 4.03. The van der Waals surface area contributed by atoms with Gasteiger partial charge < -0.3 is 5.32 Å². The predicted octanol–water partition coefficient (Wildman–Crippen LogP) is 2.31. The van der Waals surface area contributed by atoms with Crippen molar-refractivity contribution in [3.8, 4) is 0 Å². The van der Waals surface area contributed by atoms with Crippen molar-refractivity contribution in [2.24, 2.45) is 0 Å². The molecule has 1 rings (SSSR count). The molecule has 64 valence electrons. The van der Waals surface area contributed by atoms with Crippen LogP contribution in [0.3, 0.4) is 0 Å². The first-order valence-corrected chi connectivity index (χ1v) is 4.17. The summed E-state index contributed by atoms with van der Waals surface area (Å²) in [6, 6.07) is 10.6. The van der Waals surface area contributed by atoms with Gasteiger partial charge in [-0.15, -0.1) is 0 Å². The zero-order valence-electron chi connectivity index (χ0n) is 7.67. The molecule has 0 amide bonds. The summed E-state index contributed by atoms with van der Waals surface area (Å²) in [5, 5.41) is 3.16. The highest BCUT2D eigenvalue weighted by molar-refractivity contribution is 5.66. The maximum absolute atomic E-state index is 4.03. The number of hydrogen-bond donors (Lipinski definition) is 1. The fraction of sp³-hybridized carbons (Fsp3) is 0.273. The molecule has 12 heavy (non-hydrogen) atoms. The molecule has 0 aromatic heterocycles.